The minimum atomic E-state index is -0.601. The number of ether oxygens (including phenoxy) is 1. The number of anilines is 3. The number of imide groups is 1. The molecule has 1 aliphatic carbocycles. The Hall–Kier alpha value is -5.19. The third-order valence-corrected chi connectivity index (χ3v) is 12.4. The molecule has 4 fully saturated rings. The fraction of sp³-hybridized carbons (Fsp3) is 0.476. The summed E-state index contributed by atoms with van der Waals surface area (Å²) in [4.78, 5) is 64.0. The number of halogens is 1. The number of carbonyl (C=O) groups excluding carboxylic acids is 4. The molecule has 292 valence electrons. The second-order valence-corrected chi connectivity index (χ2v) is 16.1. The lowest BCUT2D eigenvalue weighted by Gasteiger charge is -2.40. The second kappa shape index (κ2) is 16.5. The highest BCUT2D eigenvalue weighted by Crippen LogP contribution is 2.33. The molecule has 2 N–H and O–H groups in total. The van der Waals surface area contributed by atoms with Gasteiger partial charge in [-0.15, -0.1) is 0 Å². The number of amides is 4. The first kappa shape index (κ1) is 37.7. The van der Waals surface area contributed by atoms with E-state index < -0.39 is 6.04 Å². The number of nitrogens with one attached hydrogen (secondary N) is 2. The lowest BCUT2D eigenvalue weighted by atomic mass is 9.86. The fourth-order valence-electron chi connectivity index (χ4n) is 8.82. The van der Waals surface area contributed by atoms with Crippen LogP contribution in [0.2, 0.25) is 5.02 Å². The Labute approximate surface area is 331 Å². The maximum atomic E-state index is 13.3. The molecular formula is C42H47ClN8O5. The number of benzene rings is 2. The van der Waals surface area contributed by atoms with Crippen LogP contribution < -0.4 is 25.2 Å². The molecule has 5 aliphatic rings. The molecule has 14 heteroatoms. The molecule has 0 spiro atoms. The maximum absolute atomic E-state index is 13.3. The standard InChI is InChI=1S/C42H47ClN8O5/c43-36-22-34(9-4-29(36)23-44)56-33-7-2-28(3-8-33)40(53)46-31-5-11-38(45-24-31)50-15-13-27(14-16-50)25-48-17-19-49(20-18-48)32-6-1-30-26-51(42(55)35(30)21-32)37-10-12-39(52)47-41(37)54/h1,4-6,9,11,21-22,24,27-28,33,37H,2-3,7-8,10,12-20,25-26H2,(H,46,53)(H,47,52,54)/t28-,33-,37?. The lowest BCUT2D eigenvalue weighted by molar-refractivity contribution is -0.137. The first-order valence-electron chi connectivity index (χ1n) is 19.8. The molecule has 56 heavy (non-hydrogen) atoms. The number of hydrogen-bond acceptors (Lipinski definition) is 10. The number of hydrogen-bond donors (Lipinski definition) is 2. The second-order valence-electron chi connectivity index (χ2n) is 15.7. The predicted octanol–water partition coefficient (Wildman–Crippen LogP) is 4.98. The van der Waals surface area contributed by atoms with E-state index in [1.165, 1.54) is 0 Å². The summed E-state index contributed by atoms with van der Waals surface area (Å²) < 4.78 is 6.08. The van der Waals surface area contributed by atoms with E-state index in [1.54, 1.807) is 29.3 Å². The Kier molecular flexibility index (Phi) is 11.1. The molecule has 13 nitrogen and oxygen atoms in total. The summed E-state index contributed by atoms with van der Waals surface area (Å²) in [6.45, 7) is 7.07. The van der Waals surface area contributed by atoms with Gasteiger partial charge in [0.1, 0.15) is 23.7 Å². The van der Waals surface area contributed by atoms with Crippen LogP contribution in [0.15, 0.2) is 54.7 Å². The Morgan fingerprint density at radius 3 is 2.39 bits per heavy atom. The van der Waals surface area contributed by atoms with Crippen molar-refractivity contribution in [2.24, 2.45) is 11.8 Å². The van der Waals surface area contributed by atoms with Gasteiger partial charge < -0.3 is 24.8 Å². The molecule has 8 rings (SSSR count). The number of piperidine rings is 2. The highest BCUT2D eigenvalue weighted by molar-refractivity contribution is 6.31. The Morgan fingerprint density at radius 1 is 0.911 bits per heavy atom. The minimum Gasteiger partial charge on any atom is -0.490 e. The van der Waals surface area contributed by atoms with Crippen molar-refractivity contribution in [1.82, 2.24) is 20.1 Å². The summed E-state index contributed by atoms with van der Waals surface area (Å²) in [5, 5.41) is 14.9. The zero-order chi connectivity index (χ0) is 38.8. The van der Waals surface area contributed by atoms with E-state index in [9.17, 15) is 19.2 Å². The van der Waals surface area contributed by atoms with E-state index in [0.29, 0.717) is 46.5 Å². The van der Waals surface area contributed by atoms with Crippen LogP contribution in [0.3, 0.4) is 0 Å². The molecule has 0 radical (unpaired) electrons. The largest absolute Gasteiger partial charge is 0.490 e. The summed E-state index contributed by atoms with van der Waals surface area (Å²) in [6.07, 6.45) is 7.60. The first-order chi connectivity index (χ1) is 27.2. The van der Waals surface area contributed by atoms with Crippen molar-refractivity contribution in [1.29, 1.82) is 5.26 Å². The molecule has 0 bridgehead atoms. The predicted molar refractivity (Wildman–Crippen MR) is 211 cm³/mol. The Bertz CT molecular complexity index is 2010. The molecule has 1 atom stereocenters. The van der Waals surface area contributed by atoms with Crippen LogP contribution in [-0.4, -0.2) is 96.4 Å². The van der Waals surface area contributed by atoms with Crippen molar-refractivity contribution >= 4 is 52.4 Å². The number of piperazine rings is 1. The molecular weight excluding hydrogens is 732 g/mol. The number of aromatic nitrogens is 1. The zero-order valence-electron chi connectivity index (χ0n) is 31.4. The van der Waals surface area contributed by atoms with Crippen LogP contribution in [0.25, 0.3) is 0 Å². The third kappa shape index (κ3) is 8.32. The van der Waals surface area contributed by atoms with Gasteiger partial charge in [0, 0.05) is 82.0 Å². The van der Waals surface area contributed by atoms with Crippen LogP contribution in [0.1, 0.15) is 72.9 Å². The van der Waals surface area contributed by atoms with Crippen LogP contribution in [0.4, 0.5) is 17.2 Å². The molecule has 3 saturated heterocycles. The Balaban J connectivity index is 0.743. The van der Waals surface area contributed by atoms with Gasteiger partial charge in [0.05, 0.1) is 28.6 Å². The molecule has 5 heterocycles. The van der Waals surface area contributed by atoms with Gasteiger partial charge in [-0.3, -0.25) is 29.4 Å². The highest BCUT2D eigenvalue weighted by Gasteiger charge is 2.39. The molecule has 3 aromatic rings. The van der Waals surface area contributed by atoms with Crippen molar-refractivity contribution in [3.8, 4) is 11.8 Å². The quantitative estimate of drug-likeness (QED) is 0.285. The highest BCUT2D eigenvalue weighted by atomic mass is 35.5. The van der Waals surface area contributed by atoms with Crippen LogP contribution in [0, 0.1) is 23.2 Å². The van der Waals surface area contributed by atoms with Gasteiger partial charge in [0.15, 0.2) is 0 Å². The summed E-state index contributed by atoms with van der Waals surface area (Å²) >= 11 is 6.15. The molecule has 4 amide bonds. The van der Waals surface area contributed by atoms with Gasteiger partial charge in [-0.25, -0.2) is 4.98 Å². The van der Waals surface area contributed by atoms with Gasteiger partial charge >= 0.3 is 0 Å². The van der Waals surface area contributed by atoms with Crippen LogP contribution in [0.5, 0.6) is 5.75 Å². The van der Waals surface area contributed by atoms with E-state index in [2.05, 4.69) is 37.5 Å². The van der Waals surface area contributed by atoms with Gasteiger partial charge in [-0.05, 0) is 92.8 Å². The number of pyridine rings is 1. The third-order valence-electron chi connectivity index (χ3n) is 12.1. The van der Waals surface area contributed by atoms with Gasteiger partial charge in [-0.1, -0.05) is 17.7 Å². The van der Waals surface area contributed by atoms with Crippen LogP contribution in [-0.2, 0) is 20.9 Å². The van der Waals surface area contributed by atoms with E-state index >= 15 is 0 Å². The first-order valence-corrected chi connectivity index (χ1v) is 20.2. The molecule has 1 saturated carbocycles. The summed E-state index contributed by atoms with van der Waals surface area (Å²) in [5.41, 5.74) is 3.75. The van der Waals surface area contributed by atoms with E-state index in [1.807, 2.05) is 24.3 Å². The molecule has 1 aromatic heterocycles. The fourth-order valence-corrected chi connectivity index (χ4v) is 9.04. The minimum absolute atomic E-state index is 0.0117. The number of carbonyl (C=O) groups is 4. The van der Waals surface area contributed by atoms with Gasteiger partial charge in [0.25, 0.3) is 5.91 Å². The molecule has 1 unspecified atom stereocenters. The summed E-state index contributed by atoms with van der Waals surface area (Å²) in [5.74, 6) is 1.34. The molecule has 4 aliphatic heterocycles. The van der Waals surface area contributed by atoms with Crippen molar-refractivity contribution in [2.45, 2.75) is 70.1 Å². The number of fused-ring (bicyclic) bond motifs is 1. The van der Waals surface area contributed by atoms with Crippen molar-refractivity contribution in [2.75, 3.05) is 60.9 Å². The average Bonchev–Trinajstić information content (AvgIpc) is 3.54. The van der Waals surface area contributed by atoms with E-state index in [4.69, 9.17) is 26.6 Å². The number of nitrogens with zero attached hydrogens (tertiary/aromatic N) is 6. The van der Waals surface area contributed by atoms with E-state index in [-0.39, 0.29) is 42.1 Å². The smallest absolute Gasteiger partial charge is 0.255 e. The van der Waals surface area contributed by atoms with Crippen molar-refractivity contribution < 1.29 is 23.9 Å². The van der Waals surface area contributed by atoms with Gasteiger partial charge in [0.2, 0.25) is 17.7 Å². The van der Waals surface area contributed by atoms with Crippen molar-refractivity contribution in [3.63, 3.8) is 0 Å². The van der Waals surface area contributed by atoms with Crippen LogP contribution >= 0.6 is 11.6 Å². The topological polar surface area (TPSA) is 151 Å². The Morgan fingerprint density at radius 2 is 1.70 bits per heavy atom. The zero-order valence-corrected chi connectivity index (χ0v) is 32.2. The number of rotatable bonds is 9. The maximum Gasteiger partial charge on any atom is 0.255 e. The molecule has 2 aromatic carbocycles. The summed E-state index contributed by atoms with van der Waals surface area (Å²) in [7, 11) is 0. The summed E-state index contributed by atoms with van der Waals surface area (Å²) in [6, 6.07) is 16.6. The number of nitriles is 1. The van der Waals surface area contributed by atoms with Crippen molar-refractivity contribution in [3.05, 3.63) is 76.4 Å². The average molecular weight is 779 g/mol. The van der Waals surface area contributed by atoms with E-state index in [0.717, 1.165) is 101 Å². The van der Waals surface area contributed by atoms with Gasteiger partial charge in [-0.2, -0.15) is 5.26 Å². The normalized spacial score (nSPS) is 23.4. The monoisotopic (exact) mass is 778 g/mol. The SMILES string of the molecule is N#Cc1ccc(O[C@H]2CC[C@H](C(=O)Nc3ccc(N4CCC(CN5CCN(c6ccc7c(c6)C(=O)N(C6CCC(=O)NC6=O)C7)CC5)CC4)nc3)CC2)cc1Cl. The lowest BCUT2D eigenvalue weighted by Crippen LogP contribution is -2.52.